The van der Waals surface area contributed by atoms with Crippen molar-refractivity contribution in [3.63, 3.8) is 0 Å². The highest BCUT2D eigenvalue weighted by atomic mass is 32.2. The van der Waals surface area contributed by atoms with Crippen molar-refractivity contribution in [2.24, 2.45) is 5.92 Å². The fourth-order valence-electron chi connectivity index (χ4n) is 2.13. The van der Waals surface area contributed by atoms with Gasteiger partial charge in [0.25, 0.3) is 0 Å². The lowest BCUT2D eigenvalue weighted by Crippen LogP contribution is -2.44. The predicted molar refractivity (Wildman–Crippen MR) is 68.9 cm³/mol. The first kappa shape index (κ1) is 22.4. The van der Waals surface area contributed by atoms with Crippen LogP contribution in [0.15, 0.2) is 0 Å². The Labute approximate surface area is 139 Å². The first-order valence-corrected chi connectivity index (χ1v) is 9.40. The molecule has 25 heavy (non-hydrogen) atoms. The monoisotopic (exact) mass is 424 g/mol. The summed E-state index contributed by atoms with van der Waals surface area (Å²) in [6, 6.07) is 0. The molecule has 0 amide bonds. The molecule has 7 nitrogen and oxygen atoms in total. The van der Waals surface area contributed by atoms with E-state index in [0.717, 1.165) is 6.92 Å². The molecule has 3 atom stereocenters. The van der Waals surface area contributed by atoms with Crippen LogP contribution in [0.5, 0.6) is 0 Å². The van der Waals surface area contributed by atoms with E-state index in [9.17, 15) is 43.2 Å². The van der Waals surface area contributed by atoms with E-state index in [1.807, 2.05) is 0 Å². The number of rotatable bonds is 6. The minimum atomic E-state index is -5.96. The lowest BCUT2D eigenvalue weighted by molar-refractivity contribution is -0.0759. The Morgan fingerprint density at radius 1 is 1.04 bits per heavy atom. The molecule has 0 N–H and O–H groups in total. The molecule has 0 aromatic carbocycles. The van der Waals surface area contributed by atoms with E-state index in [0.29, 0.717) is 0 Å². The molecular formula is C10H14F6O7S2. The van der Waals surface area contributed by atoms with Gasteiger partial charge in [0.2, 0.25) is 0 Å². The maximum Gasteiger partial charge on any atom is 0.523 e. The molecule has 1 fully saturated rings. The van der Waals surface area contributed by atoms with Crippen LogP contribution in [0.1, 0.15) is 20.3 Å². The minimum absolute atomic E-state index is 0.173. The summed E-state index contributed by atoms with van der Waals surface area (Å²) in [5.74, 6) is -1.21. The van der Waals surface area contributed by atoms with Crippen molar-refractivity contribution in [2.75, 3.05) is 13.2 Å². The van der Waals surface area contributed by atoms with Crippen LogP contribution >= 0.6 is 0 Å². The van der Waals surface area contributed by atoms with Crippen LogP contribution in [0.25, 0.3) is 0 Å². The largest absolute Gasteiger partial charge is 0.523 e. The second-order valence-corrected chi connectivity index (χ2v) is 8.39. The molecule has 1 saturated heterocycles. The van der Waals surface area contributed by atoms with Crippen molar-refractivity contribution in [3.05, 3.63) is 0 Å². The van der Waals surface area contributed by atoms with Crippen LogP contribution < -0.4 is 0 Å². The van der Waals surface area contributed by atoms with Gasteiger partial charge in [-0.3, -0.25) is 8.37 Å². The maximum atomic E-state index is 12.3. The molecule has 15 heteroatoms. The van der Waals surface area contributed by atoms with Crippen LogP contribution in [0.2, 0.25) is 0 Å². The normalized spacial score (nSPS) is 29.1. The van der Waals surface area contributed by atoms with E-state index in [4.69, 9.17) is 4.74 Å². The van der Waals surface area contributed by atoms with E-state index in [2.05, 4.69) is 8.37 Å². The zero-order chi connectivity index (χ0) is 19.9. The Hall–Kier alpha value is -0.640. The van der Waals surface area contributed by atoms with Crippen LogP contribution in [0.3, 0.4) is 0 Å². The molecule has 150 valence electrons. The van der Waals surface area contributed by atoms with Crippen molar-refractivity contribution in [2.45, 2.75) is 43.0 Å². The zero-order valence-corrected chi connectivity index (χ0v) is 14.4. The quantitative estimate of drug-likeness (QED) is 0.365. The SMILES string of the molecule is CC[C@]1(COS(=O)(=O)C(F)(F)F)OC[C@H](OS(=O)(=O)C(F)(F)F)[C@H]1C. The summed E-state index contributed by atoms with van der Waals surface area (Å²) in [7, 11) is -11.9. The van der Waals surface area contributed by atoms with Gasteiger partial charge in [-0.2, -0.15) is 43.2 Å². The third-order valence-electron chi connectivity index (χ3n) is 3.80. The summed E-state index contributed by atoms with van der Waals surface area (Å²) < 4.78 is 131. The molecule has 0 radical (unpaired) electrons. The maximum absolute atomic E-state index is 12.3. The van der Waals surface area contributed by atoms with Crippen LogP contribution in [0.4, 0.5) is 26.3 Å². The van der Waals surface area contributed by atoms with E-state index >= 15 is 0 Å². The number of alkyl halides is 6. The highest BCUT2D eigenvalue weighted by Crippen LogP contribution is 2.40. The Balaban J connectivity index is 2.94. The van der Waals surface area contributed by atoms with Crippen molar-refractivity contribution in [1.29, 1.82) is 0 Å². The van der Waals surface area contributed by atoms with Crippen LogP contribution in [-0.2, 0) is 33.3 Å². The van der Waals surface area contributed by atoms with Gasteiger partial charge in [-0.25, -0.2) is 0 Å². The first-order valence-electron chi connectivity index (χ1n) is 6.58. The minimum Gasteiger partial charge on any atom is -0.369 e. The van der Waals surface area contributed by atoms with Gasteiger partial charge in [0.1, 0.15) is 6.10 Å². The third-order valence-corrected chi connectivity index (χ3v) is 5.86. The summed E-state index contributed by atoms with van der Waals surface area (Å²) >= 11 is 0. The van der Waals surface area contributed by atoms with E-state index in [-0.39, 0.29) is 6.42 Å². The lowest BCUT2D eigenvalue weighted by atomic mass is 9.86. The van der Waals surface area contributed by atoms with Crippen molar-refractivity contribution in [1.82, 2.24) is 0 Å². The van der Waals surface area contributed by atoms with Crippen LogP contribution in [-0.4, -0.2) is 52.8 Å². The van der Waals surface area contributed by atoms with Gasteiger partial charge in [0, 0.05) is 5.92 Å². The summed E-state index contributed by atoms with van der Waals surface area (Å²) in [5.41, 5.74) is -13.2. The first-order chi connectivity index (χ1) is 11.0. The highest BCUT2D eigenvalue weighted by Gasteiger charge is 2.55. The van der Waals surface area contributed by atoms with E-state index in [1.165, 1.54) is 6.92 Å². The molecule has 0 unspecified atom stereocenters. The Kier molecular flexibility index (Phi) is 6.12. The molecule has 1 aliphatic heterocycles. The number of hydrogen-bond acceptors (Lipinski definition) is 7. The summed E-state index contributed by atoms with van der Waals surface area (Å²) in [6.07, 6.45) is -1.85. The Morgan fingerprint density at radius 3 is 1.92 bits per heavy atom. The van der Waals surface area contributed by atoms with Gasteiger partial charge in [-0.05, 0) is 6.42 Å². The van der Waals surface area contributed by atoms with Gasteiger partial charge in [-0.1, -0.05) is 13.8 Å². The Bertz CT molecular complexity index is 684. The molecule has 0 spiro atoms. The van der Waals surface area contributed by atoms with Crippen molar-refractivity contribution >= 4 is 20.2 Å². The molecule has 1 heterocycles. The molecule has 0 bridgehead atoms. The fourth-order valence-corrected chi connectivity index (χ4v) is 3.28. The predicted octanol–water partition coefficient (Wildman–Crippen LogP) is 1.90. The molecule has 0 aromatic heterocycles. The Morgan fingerprint density at radius 2 is 1.52 bits per heavy atom. The average molecular weight is 424 g/mol. The number of hydrogen-bond donors (Lipinski definition) is 0. The zero-order valence-electron chi connectivity index (χ0n) is 12.7. The summed E-state index contributed by atoms with van der Waals surface area (Å²) in [6.45, 7) is 0.621. The summed E-state index contributed by atoms with van der Waals surface area (Å²) in [5, 5.41) is 0. The van der Waals surface area contributed by atoms with Gasteiger partial charge in [0.15, 0.2) is 0 Å². The van der Waals surface area contributed by atoms with Crippen LogP contribution in [0, 0.1) is 5.92 Å². The summed E-state index contributed by atoms with van der Waals surface area (Å²) in [4.78, 5) is 0. The standard InChI is InChI=1S/C10H14F6O7S2/c1-3-8(5-22-24(17,18)9(11,12)13)6(2)7(4-21-8)23-25(19,20)10(14,15)16/h6-7H,3-5H2,1-2H3/t6-,7+,8-/m1/s1. The smallest absolute Gasteiger partial charge is 0.369 e. The molecule has 1 rings (SSSR count). The molecule has 1 aliphatic rings. The third kappa shape index (κ3) is 4.56. The van der Waals surface area contributed by atoms with Gasteiger partial charge >= 0.3 is 31.3 Å². The van der Waals surface area contributed by atoms with E-state index < -0.39 is 62.1 Å². The topological polar surface area (TPSA) is 96.0 Å². The number of ether oxygens (including phenoxy) is 1. The van der Waals surface area contributed by atoms with Gasteiger partial charge in [0.05, 0.1) is 18.8 Å². The average Bonchev–Trinajstić information content (AvgIpc) is 2.72. The second-order valence-electron chi connectivity index (χ2n) is 5.21. The van der Waals surface area contributed by atoms with E-state index in [1.54, 1.807) is 0 Å². The van der Waals surface area contributed by atoms with Crippen molar-refractivity contribution in [3.8, 4) is 0 Å². The molecule has 0 aliphatic carbocycles. The van der Waals surface area contributed by atoms with Gasteiger partial charge < -0.3 is 4.74 Å². The number of halogens is 6. The molecule has 0 saturated carbocycles. The van der Waals surface area contributed by atoms with Crippen molar-refractivity contribution < 1.29 is 56.3 Å². The molecule has 0 aromatic rings. The van der Waals surface area contributed by atoms with Gasteiger partial charge in [-0.15, -0.1) is 0 Å². The highest BCUT2D eigenvalue weighted by molar-refractivity contribution is 7.87. The second kappa shape index (κ2) is 6.83. The molecular weight excluding hydrogens is 410 g/mol. The fraction of sp³-hybridized carbons (Fsp3) is 1.00. The lowest BCUT2D eigenvalue weighted by Gasteiger charge is -2.31.